The van der Waals surface area contributed by atoms with Crippen LogP contribution in [0, 0.1) is 5.82 Å². The van der Waals surface area contributed by atoms with Crippen LogP contribution in [-0.2, 0) is 11.4 Å². The van der Waals surface area contributed by atoms with E-state index in [4.69, 9.17) is 14.2 Å². The van der Waals surface area contributed by atoms with Crippen LogP contribution in [0.3, 0.4) is 0 Å². The molecule has 0 aromatic heterocycles. The summed E-state index contributed by atoms with van der Waals surface area (Å²) in [6.45, 7) is 0.848. The quantitative estimate of drug-likeness (QED) is 0.155. The molecule has 3 N–H and O–H groups in total. The monoisotopic (exact) mass is 563 g/mol. The maximum absolute atomic E-state index is 14.6. The predicted molar refractivity (Wildman–Crippen MR) is 155 cm³/mol. The van der Waals surface area contributed by atoms with Crippen LogP contribution >= 0.6 is 0 Å². The lowest BCUT2D eigenvalue weighted by Gasteiger charge is -2.16. The molecule has 0 saturated carbocycles. The predicted octanol–water partition coefficient (Wildman–Crippen LogP) is 5.50. The number of halogens is 1. The molecule has 0 aliphatic carbocycles. The van der Waals surface area contributed by atoms with Crippen LogP contribution in [0.15, 0.2) is 89.8 Å². The number of amides is 1. The Morgan fingerprint density at radius 1 is 0.825 bits per heavy atom. The van der Waals surface area contributed by atoms with Crippen molar-refractivity contribution in [3.8, 4) is 28.4 Å². The second-order valence-electron chi connectivity index (χ2n) is 8.55. The first-order valence-corrected chi connectivity index (χ1v) is 13.5. The van der Waals surface area contributed by atoms with Crippen molar-refractivity contribution in [1.29, 1.82) is 0 Å². The SMILES string of the molecule is COc1ccc(F)c(-c2ccc(OC)c([S+]([O-])Nc3cccc(NCCNC(=O)c4ccccc4OC)c3)c2)c1. The molecule has 0 aliphatic heterocycles. The summed E-state index contributed by atoms with van der Waals surface area (Å²) in [5, 5.41) is 6.10. The zero-order chi connectivity index (χ0) is 28.5. The van der Waals surface area contributed by atoms with Crippen molar-refractivity contribution in [2.45, 2.75) is 4.90 Å². The first-order valence-electron chi connectivity index (χ1n) is 12.4. The lowest BCUT2D eigenvalue weighted by molar-refractivity contribution is 0.0952. The summed E-state index contributed by atoms with van der Waals surface area (Å²) in [6.07, 6.45) is 0. The summed E-state index contributed by atoms with van der Waals surface area (Å²) in [4.78, 5) is 12.8. The van der Waals surface area contributed by atoms with Crippen molar-refractivity contribution in [3.63, 3.8) is 0 Å². The van der Waals surface area contributed by atoms with Gasteiger partial charge in [0.1, 0.15) is 28.7 Å². The standard InChI is InChI=1S/C30H30FN3O5S/c1-37-23-12-13-26(31)25(19-23)20-11-14-28(39-3)29(17-20)40(36)34-22-8-6-7-21(18-22)32-15-16-33-30(35)24-9-4-5-10-27(24)38-2/h4-14,17-19,32,34H,15-16H2,1-3H3,(H,33,35). The van der Waals surface area contributed by atoms with Crippen LogP contribution in [0.4, 0.5) is 15.8 Å². The van der Waals surface area contributed by atoms with Gasteiger partial charge in [-0.2, -0.15) is 0 Å². The fraction of sp³-hybridized carbons (Fsp3) is 0.167. The Kier molecular flexibility index (Phi) is 9.71. The van der Waals surface area contributed by atoms with Crippen LogP contribution in [0.25, 0.3) is 11.1 Å². The zero-order valence-corrected chi connectivity index (χ0v) is 23.1. The molecular formula is C30H30FN3O5S. The van der Waals surface area contributed by atoms with E-state index in [1.165, 1.54) is 27.4 Å². The van der Waals surface area contributed by atoms with Crippen LogP contribution in [0.1, 0.15) is 10.4 Å². The maximum Gasteiger partial charge on any atom is 0.255 e. The van der Waals surface area contributed by atoms with Crippen LogP contribution in [0.2, 0.25) is 0 Å². The number of nitrogens with one attached hydrogen (secondary N) is 3. The van der Waals surface area contributed by atoms with Gasteiger partial charge in [-0.1, -0.05) is 24.3 Å². The van der Waals surface area contributed by atoms with E-state index in [-0.39, 0.29) is 5.91 Å². The molecule has 1 amide bonds. The molecule has 1 atom stereocenters. The minimum atomic E-state index is -1.72. The van der Waals surface area contributed by atoms with Gasteiger partial charge < -0.3 is 29.4 Å². The van der Waals surface area contributed by atoms with Gasteiger partial charge in [-0.05, 0) is 60.2 Å². The average molecular weight is 564 g/mol. The molecule has 1 unspecified atom stereocenters. The third kappa shape index (κ3) is 6.96. The van der Waals surface area contributed by atoms with Gasteiger partial charge in [0.25, 0.3) is 5.91 Å². The number of ether oxygens (including phenoxy) is 3. The number of carbonyl (C=O) groups excluding carboxylic acids is 1. The fourth-order valence-corrected chi connectivity index (χ4v) is 5.03. The molecule has 0 heterocycles. The molecule has 0 fully saturated rings. The van der Waals surface area contributed by atoms with Gasteiger partial charge in [-0.3, -0.25) is 4.79 Å². The largest absolute Gasteiger partial charge is 0.588 e. The van der Waals surface area contributed by atoms with E-state index >= 15 is 0 Å². The summed E-state index contributed by atoms with van der Waals surface area (Å²) in [6, 6.07) is 23.7. The Morgan fingerprint density at radius 3 is 2.38 bits per heavy atom. The molecule has 0 radical (unpaired) electrons. The van der Waals surface area contributed by atoms with Gasteiger partial charge in [0.2, 0.25) is 4.90 Å². The molecular weight excluding hydrogens is 533 g/mol. The smallest absolute Gasteiger partial charge is 0.255 e. The Bertz CT molecular complexity index is 1470. The van der Waals surface area contributed by atoms with E-state index in [9.17, 15) is 13.7 Å². The fourth-order valence-electron chi connectivity index (χ4n) is 4.01. The van der Waals surface area contributed by atoms with Crippen molar-refractivity contribution >= 4 is 28.6 Å². The number of hydrogen-bond acceptors (Lipinski definition) is 7. The number of para-hydroxylation sites is 1. The highest BCUT2D eigenvalue weighted by Crippen LogP contribution is 2.34. The number of rotatable bonds is 12. The summed E-state index contributed by atoms with van der Waals surface area (Å²) in [5.41, 5.74) is 2.69. The molecule has 0 aliphatic rings. The van der Waals surface area contributed by atoms with E-state index in [1.807, 2.05) is 12.1 Å². The van der Waals surface area contributed by atoms with E-state index in [0.717, 1.165) is 5.69 Å². The zero-order valence-electron chi connectivity index (χ0n) is 22.3. The van der Waals surface area contributed by atoms with Gasteiger partial charge in [0.05, 0.1) is 32.6 Å². The van der Waals surface area contributed by atoms with E-state index in [0.29, 0.717) is 57.6 Å². The van der Waals surface area contributed by atoms with Crippen molar-refractivity contribution in [1.82, 2.24) is 5.32 Å². The van der Waals surface area contributed by atoms with Crippen molar-refractivity contribution in [3.05, 3.63) is 96.3 Å². The third-order valence-corrected chi connectivity index (χ3v) is 7.15. The highest BCUT2D eigenvalue weighted by atomic mass is 32.2. The number of anilines is 2. The number of benzene rings is 4. The van der Waals surface area contributed by atoms with Crippen molar-refractivity contribution < 1.29 is 27.9 Å². The average Bonchev–Trinajstić information content (AvgIpc) is 2.99. The maximum atomic E-state index is 14.6. The Labute approximate surface area is 235 Å². The third-order valence-electron chi connectivity index (χ3n) is 6.01. The lowest BCUT2D eigenvalue weighted by atomic mass is 10.0. The number of methoxy groups -OCH3 is 3. The van der Waals surface area contributed by atoms with E-state index < -0.39 is 17.2 Å². The minimum Gasteiger partial charge on any atom is -0.588 e. The first-order chi connectivity index (χ1) is 19.4. The van der Waals surface area contributed by atoms with Crippen LogP contribution in [-0.4, -0.2) is 44.9 Å². The molecule has 8 nitrogen and oxygen atoms in total. The summed E-state index contributed by atoms with van der Waals surface area (Å²) < 4.78 is 46.8. The van der Waals surface area contributed by atoms with E-state index in [1.54, 1.807) is 66.7 Å². The molecule has 4 aromatic rings. The molecule has 40 heavy (non-hydrogen) atoms. The summed E-state index contributed by atoms with van der Waals surface area (Å²) in [7, 11) is 4.52. The molecule has 4 aromatic carbocycles. The normalized spacial score (nSPS) is 11.3. The number of hydrogen-bond donors (Lipinski definition) is 3. The first kappa shape index (κ1) is 28.6. The highest BCUT2D eigenvalue weighted by molar-refractivity contribution is 7.92. The van der Waals surface area contributed by atoms with Gasteiger partial charge in [0, 0.05) is 30.4 Å². The second-order valence-corrected chi connectivity index (χ2v) is 9.73. The molecule has 4 rings (SSSR count). The molecule has 0 saturated heterocycles. The highest BCUT2D eigenvalue weighted by Gasteiger charge is 2.21. The van der Waals surface area contributed by atoms with Crippen molar-refractivity contribution in [2.75, 3.05) is 44.5 Å². The van der Waals surface area contributed by atoms with E-state index in [2.05, 4.69) is 15.4 Å². The van der Waals surface area contributed by atoms with Crippen LogP contribution in [0.5, 0.6) is 17.2 Å². The summed E-state index contributed by atoms with van der Waals surface area (Å²) in [5.74, 6) is 0.772. The van der Waals surface area contributed by atoms with Gasteiger partial charge >= 0.3 is 0 Å². The van der Waals surface area contributed by atoms with Crippen molar-refractivity contribution in [2.24, 2.45) is 0 Å². The second kappa shape index (κ2) is 13.6. The van der Waals surface area contributed by atoms with Crippen LogP contribution < -0.4 is 29.6 Å². The Balaban J connectivity index is 1.40. The Morgan fingerprint density at radius 2 is 1.60 bits per heavy atom. The van der Waals surface area contributed by atoms with Gasteiger partial charge in [-0.15, -0.1) is 0 Å². The molecule has 0 bridgehead atoms. The molecule has 10 heteroatoms. The summed E-state index contributed by atoms with van der Waals surface area (Å²) >= 11 is -1.72. The topological polar surface area (TPSA) is 104 Å². The lowest BCUT2D eigenvalue weighted by Crippen LogP contribution is -2.29. The van der Waals surface area contributed by atoms with Gasteiger partial charge in [0.15, 0.2) is 5.75 Å². The molecule has 0 spiro atoms. The Hall–Kier alpha value is -4.41. The molecule has 208 valence electrons. The minimum absolute atomic E-state index is 0.227. The van der Waals surface area contributed by atoms with Gasteiger partial charge in [-0.25, -0.2) is 9.11 Å². The number of carbonyl (C=O) groups is 1.